The summed E-state index contributed by atoms with van der Waals surface area (Å²) in [7, 11) is 0. The fourth-order valence-corrected chi connectivity index (χ4v) is 1.51. The summed E-state index contributed by atoms with van der Waals surface area (Å²) in [6, 6.07) is 3.80. The van der Waals surface area contributed by atoms with E-state index in [1.807, 2.05) is 6.92 Å². The van der Waals surface area contributed by atoms with Crippen LogP contribution in [0.3, 0.4) is 0 Å². The van der Waals surface area contributed by atoms with Crippen LogP contribution in [0.25, 0.3) is 0 Å². The van der Waals surface area contributed by atoms with Gasteiger partial charge in [-0.05, 0) is 18.6 Å². The molecule has 0 amide bonds. The van der Waals surface area contributed by atoms with Gasteiger partial charge in [-0.2, -0.15) is 9.37 Å². The van der Waals surface area contributed by atoms with Gasteiger partial charge in [0, 0.05) is 12.6 Å². The summed E-state index contributed by atoms with van der Waals surface area (Å²) in [4.78, 5) is 7.66. The van der Waals surface area contributed by atoms with Gasteiger partial charge in [0.2, 0.25) is 11.8 Å². The zero-order valence-corrected chi connectivity index (χ0v) is 11.4. The van der Waals surface area contributed by atoms with Crippen molar-refractivity contribution >= 4 is 17.5 Å². The first-order valence-electron chi connectivity index (χ1n) is 5.99. The van der Waals surface area contributed by atoms with Crippen molar-refractivity contribution in [2.24, 2.45) is 0 Å². The SMILES string of the molecule is CCCNc1ncc(F)c(Oc2ccc(Cl)c(F)c2)n1. The Kier molecular flexibility index (Phi) is 4.68. The molecule has 0 aliphatic heterocycles. The minimum absolute atomic E-state index is 0.0363. The molecule has 0 saturated carbocycles. The summed E-state index contributed by atoms with van der Waals surface area (Å²) in [5.74, 6) is -1.31. The average molecular weight is 300 g/mol. The molecular formula is C13H12ClF2N3O. The van der Waals surface area contributed by atoms with E-state index in [0.717, 1.165) is 18.7 Å². The summed E-state index contributed by atoms with van der Waals surface area (Å²) in [6.07, 6.45) is 1.87. The molecule has 0 bridgehead atoms. The Balaban J connectivity index is 2.20. The standard InChI is InChI=1S/C13H12ClF2N3O/c1-2-5-17-13-18-7-11(16)12(19-13)20-8-3-4-9(14)10(15)6-8/h3-4,6-7H,2,5H2,1H3,(H,17,18,19). The molecule has 0 atom stereocenters. The molecule has 106 valence electrons. The zero-order chi connectivity index (χ0) is 14.5. The molecule has 0 spiro atoms. The van der Waals surface area contributed by atoms with Crippen LogP contribution in [0, 0.1) is 11.6 Å². The van der Waals surface area contributed by atoms with E-state index in [9.17, 15) is 8.78 Å². The van der Waals surface area contributed by atoms with Crippen LogP contribution in [0.5, 0.6) is 11.6 Å². The molecule has 2 rings (SSSR count). The Hall–Kier alpha value is -1.95. The Bertz CT molecular complexity index is 610. The van der Waals surface area contributed by atoms with Crippen LogP contribution >= 0.6 is 11.6 Å². The Labute approximate surface area is 119 Å². The number of hydrogen-bond acceptors (Lipinski definition) is 4. The number of rotatable bonds is 5. The van der Waals surface area contributed by atoms with Crippen LogP contribution in [0.2, 0.25) is 5.02 Å². The second-order valence-corrected chi connectivity index (χ2v) is 4.36. The molecule has 1 heterocycles. The van der Waals surface area contributed by atoms with Crippen molar-refractivity contribution in [2.45, 2.75) is 13.3 Å². The summed E-state index contributed by atoms with van der Waals surface area (Å²) in [6.45, 7) is 2.63. The Morgan fingerprint density at radius 2 is 2.10 bits per heavy atom. The van der Waals surface area contributed by atoms with E-state index in [1.165, 1.54) is 12.1 Å². The number of anilines is 1. The lowest BCUT2D eigenvalue weighted by atomic mass is 10.3. The first-order valence-corrected chi connectivity index (χ1v) is 6.37. The molecule has 7 heteroatoms. The van der Waals surface area contributed by atoms with Gasteiger partial charge in [-0.15, -0.1) is 0 Å². The maximum Gasteiger partial charge on any atom is 0.260 e. The second kappa shape index (κ2) is 6.47. The fraction of sp³-hybridized carbons (Fsp3) is 0.231. The molecular weight excluding hydrogens is 288 g/mol. The van der Waals surface area contributed by atoms with E-state index in [-0.39, 0.29) is 22.6 Å². The molecule has 0 radical (unpaired) electrons. The summed E-state index contributed by atoms with van der Waals surface area (Å²) < 4.78 is 32.0. The van der Waals surface area contributed by atoms with E-state index in [2.05, 4.69) is 15.3 Å². The summed E-state index contributed by atoms with van der Waals surface area (Å²) >= 11 is 5.56. The van der Waals surface area contributed by atoms with Crippen molar-refractivity contribution in [1.29, 1.82) is 0 Å². The lowest BCUT2D eigenvalue weighted by Gasteiger charge is -2.08. The minimum atomic E-state index is -0.734. The van der Waals surface area contributed by atoms with Crippen LogP contribution < -0.4 is 10.1 Å². The normalized spacial score (nSPS) is 10.4. The second-order valence-electron chi connectivity index (χ2n) is 3.95. The average Bonchev–Trinajstić information content (AvgIpc) is 2.44. The maximum absolute atomic E-state index is 13.6. The van der Waals surface area contributed by atoms with Gasteiger partial charge in [0.25, 0.3) is 5.88 Å². The smallest absolute Gasteiger partial charge is 0.260 e. The van der Waals surface area contributed by atoms with E-state index >= 15 is 0 Å². The quantitative estimate of drug-likeness (QED) is 0.905. The van der Waals surface area contributed by atoms with Crippen LogP contribution in [-0.4, -0.2) is 16.5 Å². The van der Waals surface area contributed by atoms with Crippen LogP contribution in [0.1, 0.15) is 13.3 Å². The number of aromatic nitrogens is 2. The predicted molar refractivity (Wildman–Crippen MR) is 72.3 cm³/mol. The van der Waals surface area contributed by atoms with Gasteiger partial charge in [-0.25, -0.2) is 9.37 Å². The lowest BCUT2D eigenvalue weighted by Crippen LogP contribution is -2.05. The van der Waals surface area contributed by atoms with Gasteiger partial charge < -0.3 is 10.1 Å². The van der Waals surface area contributed by atoms with Crippen molar-refractivity contribution in [3.8, 4) is 11.6 Å². The molecule has 0 fully saturated rings. The van der Waals surface area contributed by atoms with Crippen LogP contribution in [0.15, 0.2) is 24.4 Å². The Morgan fingerprint density at radius 3 is 2.80 bits per heavy atom. The van der Waals surface area contributed by atoms with Crippen molar-refractivity contribution in [3.05, 3.63) is 41.1 Å². The molecule has 2 aromatic rings. The molecule has 0 aliphatic carbocycles. The first-order chi connectivity index (χ1) is 9.60. The van der Waals surface area contributed by atoms with Crippen molar-refractivity contribution in [2.75, 3.05) is 11.9 Å². The molecule has 0 saturated heterocycles. The van der Waals surface area contributed by atoms with Gasteiger partial charge in [-0.1, -0.05) is 18.5 Å². The number of ether oxygens (including phenoxy) is 1. The highest BCUT2D eigenvalue weighted by Crippen LogP contribution is 2.26. The first kappa shape index (κ1) is 14.5. The van der Waals surface area contributed by atoms with Gasteiger partial charge >= 0.3 is 0 Å². The molecule has 20 heavy (non-hydrogen) atoms. The predicted octanol–water partition coefficient (Wildman–Crippen LogP) is 4.02. The van der Waals surface area contributed by atoms with Crippen molar-refractivity contribution in [1.82, 2.24) is 9.97 Å². The van der Waals surface area contributed by atoms with Gasteiger partial charge in [0.15, 0.2) is 0 Å². The highest BCUT2D eigenvalue weighted by Gasteiger charge is 2.10. The van der Waals surface area contributed by atoms with Crippen LogP contribution in [0.4, 0.5) is 14.7 Å². The van der Waals surface area contributed by atoms with Gasteiger partial charge in [0.05, 0.1) is 11.2 Å². The third-order valence-electron chi connectivity index (χ3n) is 2.35. The molecule has 0 unspecified atom stereocenters. The fourth-order valence-electron chi connectivity index (χ4n) is 1.40. The van der Waals surface area contributed by atoms with Crippen LogP contribution in [-0.2, 0) is 0 Å². The third kappa shape index (κ3) is 3.54. The molecule has 1 aromatic carbocycles. The van der Waals surface area contributed by atoms with Crippen molar-refractivity contribution in [3.63, 3.8) is 0 Å². The Morgan fingerprint density at radius 1 is 1.30 bits per heavy atom. The molecule has 1 N–H and O–H groups in total. The number of nitrogens with zero attached hydrogens (tertiary/aromatic N) is 2. The zero-order valence-electron chi connectivity index (χ0n) is 10.7. The largest absolute Gasteiger partial charge is 0.436 e. The summed E-state index contributed by atoms with van der Waals surface area (Å²) in [5, 5.41) is 2.87. The van der Waals surface area contributed by atoms with E-state index in [1.54, 1.807) is 0 Å². The highest BCUT2D eigenvalue weighted by molar-refractivity contribution is 6.30. The molecule has 0 aliphatic rings. The maximum atomic E-state index is 13.6. The van der Waals surface area contributed by atoms with E-state index < -0.39 is 11.6 Å². The molecule has 4 nitrogen and oxygen atoms in total. The van der Waals surface area contributed by atoms with Gasteiger partial charge in [-0.3, -0.25) is 0 Å². The van der Waals surface area contributed by atoms with E-state index in [4.69, 9.17) is 16.3 Å². The lowest BCUT2D eigenvalue weighted by molar-refractivity contribution is 0.418. The highest BCUT2D eigenvalue weighted by atomic mass is 35.5. The monoisotopic (exact) mass is 299 g/mol. The minimum Gasteiger partial charge on any atom is -0.436 e. The van der Waals surface area contributed by atoms with Crippen molar-refractivity contribution < 1.29 is 13.5 Å². The molecule has 1 aromatic heterocycles. The number of hydrogen-bond donors (Lipinski definition) is 1. The number of benzene rings is 1. The third-order valence-corrected chi connectivity index (χ3v) is 2.66. The topological polar surface area (TPSA) is 47.0 Å². The summed E-state index contributed by atoms with van der Waals surface area (Å²) in [5.41, 5.74) is 0. The van der Waals surface area contributed by atoms with E-state index in [0.29, 0.717) is 6.54 Å². The number of halogens is 3. The number of nitrogens with one attached hydrogen (secondary N) is 1. The van der Waals surface area contributed by atoms with Gasteiger partial charge in [0.1, 0.15) is 11.6 Å².